The van der Waals surface area contributed by atoms with Gasteiger partial charge in [-0.15, -0.1) is 0 Å². The van der Waals surface area contributed by atoms with Gasteiger partial charge >= 0.3 is 0 Å². The van der Waals surface area contributed by atoms with E-state index in [-0.39, 0.29) is 0 Å². The fourth-order valence-corrected chi connectivity index (χ4v) is 2.80. The Bertz CT molecular complexity index is 427. The number of rotatable bonds is 0. The van der Waals surface area contributed by atoms with Gasteiger partial charge in [-0.3, -0.25) is 0 Å². The fraction of sp³-hybridized carbons (Fsp3) is 0.375. The quantitative estimate of drug-likeness (QED) is 0.517. The second-order valence-electron chi connectivity index (χ2n) is 5.06. The summed E-state index contributed by atoms with van der Waals surface area (Å²) in [7, 11) is 0. The van der Waals surface area contributed by atoms with Gasteiger partial charge < -0.3 is 0 Å². The lowest BCUT2D eigenvalue weighted by Gasteiger charge is -2.22. The molecule has 0 aromatic rings. The van der Waals surface area contributed by atoms with Crippen molar-refractivity contribution in [3.05, 3.63) is 59.3 Å². The van der Waals surface area contributed by atoms with Crippen LogP contribution in [0.5, 0.6) is 0 Å². The summed E-state index contributed by atoms with van der Waals surface area (Å²) in [5, 5.41) is 0. The number of fused-ring (bicyclic) bond motifs is 4. The van der Waals surface area contributed by atoms with Gasteiger partial charge in [0.1, 0.15) is 0 Å². The molecule has 0 saturated carbocycles. The molecule has 1 atom stereocenters. The van der Waals surface area contributed by atoms with Crippen LogP contribution < -0.4 is 0 Å². The molecule has 0 N–H and O–H groups in total. The summed E-state index contributed by atoms with van der Waals surface area (Å²) in [4.78, 5) is 0. The van der Waals surface area contributed by atoms with Gasteiger partial charge in [0.15, 0.2) is 0 Å². The van der Waals surface area contributed by atoms with Crippen molar-refractivity contribution in [1.29, 1.82) is 0 Å². The molecule has 82 valence electrons. The molecule has 3 aliphatic rings. The molecular formula is C16H18. The first-order chi connectivity index (χ1) is 7.90. The van der Waals surface area contributed by atoms with Crippen LogP contribution in [0.4, 0.5) is 0 Å². The molecule has 0 saturated heterocycles. The maximum absolute atomic E-state index is 2.42. The standard InChI is InChI=1S/C16H18/c1-3-13-7-9-15-5-2-6-16(12-15)10-8-14(4-1)11-13/h1-5,8,10,15H,6-7,9,11-12H2/b14-8-,16-10-. The summed E-state index contributed by atoms with van der Waals surface area (Å²) in [5.41, 5.74) is 4.67. The Morgan fingerprint density at radius 2 is 2.06 bits per heavy atom. The van der Waals surface area contributed by atoms with Gasteiger partial charge in [-0.25, -0.2) is 0 Å². The van der Waals surface area contributed by atoms with Crippen molar-refractivity contribution in [3.8, 4) is 0 Å². The largest absolute Gasteiger partial charge is 0.0848 e. The normalized spacial score (nSPS) is 34.5. The highest BCUT2D eigenvalue weighted by atomic mass is 14.2. The van der Waals surface area contributed by atoms with E-state index in [4.69, 9.17) is 0 Å². The van der Waals surface area contributed by atoms with Gasteiger partial charge in [-0.1, -0.05) is 53.7 Å². The zero-order chi connectivity index (χ0) is 10.8. The molecule has 0 radical (unpaired) electrons. The lowest BCUT2D eigenvalue weighted by Crippen LogP contribution is -2.05. The van der Waals surface area contributed by atoms with E-state index in [0.717, 1.165) is 18.8 Å². The minimum Gasteiger partial charge on any atom is -0.0848 e. The highest BCUT2D eigenvalue weighted by Gasteiger charge is 2.14. The van der Waals surface area contributed by atoms with E-state index in [1.165, 1.54) is 24.8 Å². The summed E-state index contributed by atoms with van der Waals surface area (Å²) in [6, 6.07) is 0. The highest BCUT2D eigenvalue weighted by molar-refractivity contribution is 5.38. The van der Waals surface area contributed by atoms with Crippen molar-refractivity contribution >= 4 is 0 Å². The van der Waals surface area contributed by atoms with E-state index in [2.05, 4.69) is 42.5 Å². The molecule has 16 heavy (non-hydrogen) atoms. The van der Waals surface area contributed by atoms with Crippen molar-refractivity contribution in [2.45, 2.75) is 32.1 Å². The molecule has 0 aliphatic heterocycles. The average molecular weight is 210 g/mol. The monoisotopic (exact) mass is 210 g/mol. The summed E-state index contributed by atoms with van der Waals surface area (Å²) < 4.78 is 0. The third-order valence-corrected chi connectivity index (χ3v) is 3.76. The molecule has 0 aromatic heterocycles. The second kappa shape index (κ2) is 4.29. The lowest BCUT2D eigenvalue weighted by atomic mass is 9.84. The Balaban J connectivity index is 1.94. The zero-order valence-corrected chi connectivity index (χ0v) is 9.65. The number of allylic oxidation sites excluding steroid dienone is 10. The smallest absolute Gasteiger partial charge is 0.00640 e. The van der Waals surface area contributed by atoms with E-state index in [1.54, 1.807) is 11.1 Å². The maximum Gasteiger partial charge on any atom is -0.00640 e. The Morgan fingerprint density at radius 3 is 3.06 bits per heavy atom. The van der Waals surface area contributed by atoms with Gasteiger partial charge in [0.05, 0.1) is 0 Å². The molecule has 0 spiro atoms. The molecular weight excluding hydrogens is 192 g/mol. The van der Waals surface area contributed by atoms with Crippen molar-refractivity contribution in [2.75, 3.05) is 0 Å². The molecule has 0 amide bonds. The second-order valence-corrected chi connectivity index (χ2v) is 5.06. The summed E-state index contributed by atoms with van der Waals surface area (Å²) >= 11 is 0. The number of hydrogen-bond acceptors (Lipinski definition) is 0. The molecule has 4 bridgehead atoms. The molecule has 0 fully saturated rings. The van der Waals surface area contributed by atoms with E-state index in [9.17, 15) is 0 Å². The number of hydrogen-bond donors (Lipinski definition) is 0. The van der Waals surface area contributed by atoms with Crippen molar-refractivity contribution in [3.63, 3.8) is 0 Å². The minimum absolute atomic E-state index is 0.779. The Morgan fingerprint density at radius 1 is 1.06 bits per heavy atom. The van der Waals surface area contributed by atoms with Crippen LogP contribution in [-0.4, -0.2) is 0 Å². The van der Waals surface area contributed by atoms with Crippen LogP contribution in [0, 0.1) is 5.92 Å². The molecule has 0 heteroatoms. The highest BCUT2D eigenvalue weighted by Crippen LogP contribution is 2.31. The first kappa shape index (κ1) is 9.89. The third kappa shape index (κ3) is 2.11. The lowest BCUT2D eigenvalue weighted by molar-refractivity contribution is 0.560. The maximum atomic E-state index is 2.42. The summed E-state index contributed by atoms with van der Waals surface area (Å²) in [6.45, 7) is 0. The first-order valence-corrected chi connectivity index (χ1v) is 6.31. The predicted octanol–water partition coefficient (Wildman–Crippen LogP) is 4.49. The zero-order valence-electron chi connectivity index (χ0n) is 9.65. The average Bonchev–Trinajstić information content (AvgIpc) is 2.34. The predicted molar refractivity (Wildman–Crippen MR) is 69.1 cm³/mol. The molecule has 0 heterocycles. The summed E-state index contributed by atoms with van der Waals surface area (Å²) in [5.74, 6) is 0.779. The van der Waals surface area contributed by atoms with E-state index < -0.39 is 0 Å². The van der Waals surface area contributed by atoms with Crippen molar-refractivity contribution in [2.24, 2.45) is 5.92 Å². The van der Waals surface area contributed by atoms with Gasteiger partial charge in [-0.2, -0.15) is 0 Å². The molecule has 0 aromatic carbocycles. The van der Waals surface area contributed by atoms with Crippen molar-refractivity contribution in [1.82, 2.24) is 0 Å². The molecule has 1 unspecified atom stereocenters. The first-order valence-electron chi connectivity index (χ1n) is 6.31. The van der Waals surface area contributed by atoms with E-state index >= 15 is 0 Å². The van der Waals surface area contributed by atoms with Crippen LogP contribution in [0.15, 0.2) is 59.3 Å². The van der Waals surface area contributed by atoms with Gasteiger partial charge in [0, 0.05) is 0 Å². The third-order valence-electron chi connectivity index (χ3n) is 3.76. The molecule has 3 rings (SSSR count). The van der Waals surface area contributed by atoms with Crippen molar-refractivity contribution < 1.29 is 0 Å². The van der Waals surface area contributed by atoms with E-state index in [0.29, 0.717) is 0 Å². The molecule has 3 aliphatic carbocycles. The minimum atomic E-state index is 0.779. The topological polar surface area (TPSA) is 0 Å². The fourth-order valence-electron chi connectivity index (χ4n) is 2.80. The SMILES string of the molecule is C1=C/C2=C/C=C3/CC=CC(CCC(=C1)C2)C3. The van der Waals surface area contributed by atoms with Crippen LogP contribution >= 0.6 is 0 Å². The summed E-state index contributed by atoms with van der Waals surface area (Å²) in [6.07, 6.45) is 22.4. The van der Waals surface area contributed by atoms with Gasteiger partial charge in [0.2, 0.25) is 0 Å². The van der Waals surface area contributed by atoms with Crippen LogP contribution in [-0.2, 0) is 0 Å². The Labute approximate surface area is 97.7 Å². The van der Waals surface area contributed by atoms with E-state index in [1.807, 2.05) is 0 Å². The van der Waals surface area contributed by atoms with Crippen LogP contribution in [0.2, 0.25) is 0 Å². The van der Waals surface area contributed by atoms with Crippen LogP contribution in [0.3, 0.4) is 0 Å². The van der Waals surface area contributed by atoms with Crippen LogP contribution in [0.1, 0.15) is 32.1 Å². The van der Waals surface area contributed by atoms with Crippen LogP contribution in [0.25, 0.3) is 0 Å². The Hall–Kier alpha value is -1.30. The Kier molecular flexibility index (Phi) is 2.65. The van der Waals surface area contributed by atoms with Gasteiger partial charge in [-0.05, 0) is 43.6 Å². The molecule has 0 nitrogen and oxygen atoms in total. The van der Waals surface area contributed by atoms with Gasteiger partial charge in [0.25, 0.3) is 0 Å².